The van der Waals surface area contributed by atoms with E-state index in [1.54, 1.807) is 0 Å². The van der Waals surface area contributed by atoms with Gasteiger partial charge in [0.1, 0.15) is 5.82 Å². The highest BCUT2D eigenvalue weighted by molar-refractivity contribution is 5.64. The van der Waals surface area contributed by atoms with E-state index in [-0.39, 0.29) is 0 Å². The Morgan fingerprint density at radius 1 is 0.833 bits per heavy atom. The van der Waals surface area contributed by atoms with Gasteiger partial charge in [-0.3, -0.25) is 9.88 Å². The lowest BCUT2D eigenvalue weighted by Gasteiger charge is -2.31. The smallest absolute Gasteiger partial charge is 0.110 e. The van der Waals surface area contributed by atoms with Crippen LogP contribution in [-0.4, -0.2) is 32.9 Å². The summed E-state index contributed by atoms with van der Waals surface area (Å²) in [6.45, 7) is 3.21. The minimum Gasteiger partial charge on any atom is -0.342 e. The summed E-state index contributed by atoms with van der Waals surface area (Å²) in [6, 6.07) is 25.2. The number of benzene rings is 2. The van der Waals surface area contributed by atoms with E-state index in [0.29, 0.717) is 5.92 Å². The molecule has 150 valence electrons. The second-order valence-electron chi connectivity index (χ2n) is 8.04. The van der Waals surface area contributed by atoms with Gasteiger partial charge >= 0.3 is 0 Å². The van der Waals surface area contributed by atoms with E-state index >= 15 is 0 Å². The van der Waals surface area contributed by atoms with Crippen LogP contribution in [-0.2, 0) is 6.54 Å². The molecule has 4 aromatic rings. The van der Waals surface area contributed by atoms with Crippen molar-refractivity contribution in [3.05, 3.63) is 96.6 Å². The fourth-order valence-electron chi connectivity index (χ4n) is 4.29. The Hall–Kier alpha value is -3.24. The summed E-state index contributed by atoms with van der Waals surface area (Å²) in [7, 11) is 0. The fourth-order valence-corrected chi connectivity index (χ4v) is 4.29. The Labute approximate surface area is 177 Å². The maximum absolute atomic E-state index is 4.73. The number of likely N-dealkylation sites (tertiary alicyclic amines) is 1. The van der Waals surface area contributed by atoms with Gasteiger partial charge in [-0.15, -0.1) is 0 Å². The van der Waals surface area contributed by atoms with Gasteiger partial charge in [-0.2, -0.15) is 0 Å². The summed E-state index contributed by atoms with van der Waals surface area (Å²) in [5, 5.41) is 0. The second kappa shape index (κ2) is 8.64. The molecule has 1 aliphatic rings. The molecule has 0 amide bonds. The van der Waals surface area contributed by atoms with Crippen molar-refractivity contribution in [2.24, 2.45) is 0 Å². The number of nitrogens with one attached hydrogen (secondary N) is 1. The van der Waals surface area contributed by atoms with Gasteiger partial charge < -0.3 is 4.98 Å². The van der Waals surface area contributed by atoms with Crippen LogP contribution in [0.2, 0.25) is 0 Å². The van der Waals surface area contributed by atoms with Crippen molar-refractivity contribution in [1.82, 2.24) is 19.9 Å². The third-order valence-electron chi connectivity index (χ3n) is 5.88. The molecule has 0 bridgehead atoms. The zero-order chi connectivity index (χ0) is 20.2. The van der Waals surface area contributed by atoms with E-state index in [9.17, 15) is 0 Å². The molecule has 1 unspecified atom stereocenters. The molecule has 2 aromatic heterocycles. The highest BCUT2D eigenvalue weighted by Gasteiger charge is 2.23. The normalized spacial score (nSPS) is 17.1. The van der Waals surface area contributed by atoms with Crippen molar-refractivity contribution in [1.29, 1.82) is 0 Å². The molecule has 0 spiro atoms. The first-order valence-corrected chi connectivity index (χ1v) is 10.7. The zero-order valence-electron chi connectivity index (χ0n) is 17.0. The predicted molar refractivity (Wildman–Crippen MR) is 121 cm³/mol. The second-order valence-corrected chi connectivity index (χ2v) is 8.04. The quantitative estimate of drug-likeness (QED) is 0.485. The number of hydrogen-bond acceptors (Lipinski definition) is 3. The van der Waals surface area contributed by atoms with Gasteiger partial charge in [-0.25, -0.2) is 4.98 Å². The van der Waals surface area contributed by atoms with E-state index in [0.717, 1.165) is 48.0 Å². The fraction of sp³-hybridized carbons (Fsp3) is 0.231. The molecule has 1 N–H and O–H groups in total. The van der Waals surface area contributed by atoms with Crippen molar-refractivity contribution in [3.8, 4) is 22.5 Å². The van der Waals surface area contributed by atoms with E-state index in [4.69, 9.17) is 4.98 Å². The maximum Gasteiger partial charge on any atom is 0.110 e. The van der Waals surface area contributed by atoms with Crippen molar-refractivity contribution in [2.45, 2.75) is 25.3 Å². The number of pyridine rings is 1. The first-order chi connectivity index (χ1) is 14.8. The SMILES string of the molecule is c1ccc(CN2CCCC(c3ncc(-c4ccc(-c5ccccc5)nc4)[nH]3)C2)cc1. The topological polar surface area (TPSA) is 44.8 Å². The summed E-state index contributed by atoms with van der Waals surface area (Å²) in [4.78, 5) is 15.5. The van der Waals surface area contributed by atoms with Gasteiger partial charge in [0.15, 0.2) is 0 Å². The average Bonchev–Trinajstić information content (AvgIpc) is 3.31. The highest BCUT2D eigenvalue weighted by Crippen LogP contribution is 2.28. The molecule has 30 heavy (non-hydrogen) atoms. The van der Waals surface area contributed by atoms with Crippen LogP contribution in [0.4, 0.5) is 0 Å². The first-order valence-electron chi connectivity index (χ1n) is 10.7. The van der Waals surface area contributed by atoms with E-state index in [1.165, 1.54) is 18.4 Å². The van der Waals surface area contributed by atoms with Crippen LogP contribution in [0.5, 0.6) is 0 Å². The largest absolute Gasteiger partial charge is 0.342 e. The van der Waals surface area contributed by atoms with Crippen molar-refractivity contribution in [3.63, 3.8) is 0 Å². The lowest BCUT2D eigenvalue weighted by atomic mass is 9.97. The van der Waals surface area contributed by atoms with E-state index < -0.39 is 0 Å². The number of rotatable bonds is 5. The minimum absolute atomic E-state index is 0.452. The monoisotopic (exact) mass is 394 g/mol. The van der Waals surface area contributed by atoms with Crippen LogP contribution >= 0.6 is 0 Å². The van der Waals surface area contributed by atoms with Crippen molar-refractivity contribution < 1.29 is 0 Å². The highest BCUT2D eigenvalue weighted by atomic mass is 15.1. The predicted octanol–water partition coefficient (Wildman–Crippen LogP) is 5.52. The molecule has 5 rings (SSSR count). The van der Waals surface area contributed by atoms with Crippen LogP contribution in [0.3, 0.4) is 0 Å². The van der Waals surface area contributed by atoms with Gasteiger partial charge in [0.25, 0.3) is 0 Å². The summed E-state index contributed by atoms with van der Waals surface area (Å²) in [5.74, 6) is 1.54. The summed E-state index contributed by atoms with van der Waals surface area (Å²) < 4.78 is 0. The van der Waals surface area contributed by atoms with E-state index in [1.807, 2.05) is 30.6 Å². The molecule has 4 nitrogen and oxygen atoms in total. The van der Waals surface area contributed by atoms with Crippen LogP contribution in [0.15, 0.2) is 85.2 Å². The molecular formula is C26H26N4. The van der Waals surface area contributed by atoms with Gasteiger partial charge in [0, 0.05) is 36.3 Å². The molecule has 3 heterocycles. The van der Waals surface area contributed by atoms with Gasteiger partial charge in [0.2, 0.25) is 0 Å². The molecular weight excluding hydrogens is 368 g/mol. The molecule has 1 fully saturated rings. The van der Waals surface area contributed by atoms with Crippen LogP contribution in [0.25, 0.3) is 22.5 Å². The lowest BCUT2D eigenvalue weighted by Crippen LogP contribution is -2.34. The summed E-state index contributed by atoms with van der Waals surface area (Å²) in [6.07, 6.45) is 6.27. The third kappa shape index (κ3) is 4.19. The number of H-pyrrole nitrogens is 1. The number of nitrogens with zero attached hydrogens (tertiary/aromatic N) is 3. The van der Waals surface area contributed by atoms with Gasteiger partial charge in [0.05, 0.1) is 17.6 Å². The lowest BCUT2D eigenvalue weighted by molar-refractivity contribution is 0.197. The third-order valence-corrected chi connectivity index (χ3v) is 5.88. The number of aromatic nitrogens is 3. The molecule has 1 saturated heterocycles. The molecule has 2 aromatic carbocycles. The maximum atomic E-state index is 4.73. The molecule has 1 atom stereocenters. The van der Waals surface area contributed by atoms with Crippen molar-refractivity contribution in [2.75, 3.05) is 13.1 Å². The Balaban J connectivity index is 1.28. The molecule has 1 aliphatic heterocycles. The molecule has 0 radical (unpaired) electrons. The van der Waals surface area contributed by atoms with Gasteiger partial charge in [-0.1, -0.05) is 60.7 Å². The van der Waals surface area contributed by atoms with Crippen LogP contribution < -0.4 is 0 Å². The Bertz CT molecular complexity index is 1070. The van der Waals surface area contributed by atoms with Crippen molar-refractivity contribution >= 4 is 0 Å². The standard InChI is InChI=1S/C26H26N4/c1-3-8-20(9-4-1)18-30-15-7-12-23(19-30)26-28-17-25(29-26)22-13-14-24(27-16-22)21-10-5-2-6-11-21/h1-6,8-11,13-14,16-17,23H,7,12,15,18-19H2,(H,28,29). The van der Waals surface area contributed by atoms with Gasteiger partial charge in [-0.05, 0) is 37.1 Å². The summed E-state index contributed by atoms with van der Waals surface area (Å²) >= 11 is 0. The molecule has 4 heteroatoms. The van der Waals surface area contributed by atoms with Crippen LogP contribution in [0, 0.1) is 0 Å². The minimum atomic E-state index is 0.452. The van der Waals surface area contributed by atoms with E-state index in [2.05, 4.69) is 69.5 Å². The molecule has 0 saturated carbocycles. The summed E-state index contributed by atoms with van der Waals surface area (Å²) in [5.41, 5.74) is 5.61. The Kier molecular flexibility index (Phi) is 5.40. The average molecular weight is 395 g/mol. The number of aromatic amines is 1. The number of piperidine rings is 1. The Morgan fingerprint density at radius 2 is 1.63 bits per heavy atom. The first kappa shape index (κ1) is 18.8. The molecule has 0 aliphatic carbocycles. The number of imidazole rings is 1. The zero-order valence-corrected chi connectivity index (χ0v) is 17.0. The van der Waals surface area contributed by atoms with Crippen LogP contribution in [0.1, 0.15) is 30.1 Å². The number of hydrogen-bond donors (Lipinski definition) is 1. The Morgan fingerprint density at radius 3 is 2.40 bits per heavy atom.